The molecule has 0 fully saturated rings. The highest BCUT2D eigenvalue weighted by molar-refractivity contribution is 6.04. The highest BCUT2D eigenvalue weighted by Gasteiger charge is 2.18. The molecule has 0 aliphatic rings. The molecule has 1 heteroatoms. The number of nitrogens with zero attached hydrogens (tertiary/aromatic N) is 1. The normalized spacial score (nSPS) is 12.1. The summed E-state index contributed by atoms with van der Waals surface area (Å²) in [6, 6.07) is 80.0. The van der Waals surface area contributed by atoms with Crippen molar-refractivity contribution in [1.29, 1.82) is 0 Å². The summed E-state index contributed by atoms with van der Waals surface area (Å²) >= 11 is 0. The lowest BCUT2D eigenvalue weighted by Crippen LogP contribution is -2.10. The van der Waals surface area contributed by atoms with Crippen LogP contribution < -0.4 is 4.90 Å². The van der Waals surface area contributed by atoms with Gasteiger partial charge >= 0.3 is 0 Å². The van der Waals surface area contributed by atoms with Gasteiger partial charge < -0.3 is 4.90 Å². The third kappa shape index (κ3) is 7.37. The molecule has 0 atom stereocenters. The van der Waals surface area contributed by atoms with Gasteiger partial charge in [-0.3, -0.25) is 0 Å². The van der Waals surface area contributed by atoms with Crippen molar-refractivity contribution in [3.8, 4) is 66.8 Å². The third-order valence-electron chi connectivity index (χ3n) is 11.9. The zero-order chi connectivity index (χ0) is 45.4. The van der Waals surface area contributed by atoms with Gasteiger partial charge in [0.2, 0.25) is 0 Å². The first-order chi connectivity index (χ1) is 32.9. The molecule has 0 saturated heterocycles. The molecular formula is C62H43N. The Balaban J connectivity index is 1.10. The standard InChI is InChI=1S/C62H43N/c1-4-16-45(17-5-1)58-40-35-51(43-61(58)48-20-8-3-9-21-48)44-30-36-53(37-31-44)63(55-26-14-25-52(42-55)57-29-15-24-46-22-10-12-27-56(46)57)54-38-32-50(33-39-54)62-59-28-13-11-23-49(59)34-41-60(62)47-18-6-2-7-19-47/h1-43H/i30D,31D,36D,37D. The highest BCUT2D eigenvalue weighted by atomic mass is 15.1. The summed E-state index contributed by atoms with van der Waals surface area (Å²) in [5.41, 5.74) is 12.8. The Kier molecular flexibility index (Phi) is 8.84. The van der Waals surface area contributed by atoms with E-state index < -0.39 is 0 Å². The summed E-state index contributed by atoms with van der Waals surface area (Å²) < 4.78 is 39.1. The van der Waals surface area contributed by atoms with Crippen molar-refractivity contribution in [1.82, 2.24) is 0 Å². The zero-order valence-corrected chi connectivity index (χ0v) is 34.5. The van der Waals surface area contributed by atoms with Crippen LogP contribution in [0.4, 0.5) is 17.1 Å². The molecule has 0 amide bonds. The maximum atomic E-state index is 9.83. The summed E-state index contributed by atoms with van der Waals surface area (Å²) in [6.45, 7) is 0. The van der Waals surface area contributed by atoms with Crippen molar-refractivity contribution in [2.75, 3.05) is 4.90 Å². The minimum absolute atomic E-state index is 0.113. The predicted molar refractivity (Wildman–Crippen MR) is 269 cm³/mol. The molecular weight excluding hydrogens is 759 g/mol. The van der Waals surface area contributed by atoms with Crippen LogP contribution in [-0.2, 0) is 0 Å². The van der Waals surface area contributed by atoms with Crippen molar-refractivity contribution in [2.45, 2.75) is 0 Å². The summed E-state index contributed by atoms with van der Waals surface area (Å²) in [5.74, 6) is 0. The van der Waals surface area contributed by atoms with Crippen molar-refractivity contribution >= 4 is 38.6 Å². The van der Waals surface area contributed by atoms with Gasteiger partial charge in [0.1, 0.15) is 0 Å². The molecule has 0 aliphatic carbocycles. The predicted octanol–water partition coefficient (Wildman–Crippen LogP) is 17.5. The maximum absolute atomic E-state index is 9.83. The van der Waals surface area contributed by atoms with E-state index in [0.717, 1.165) is 77.2 Å². The Bertz CT molecular complexity index is 3570. The molecule has 11 rings (SSSR count). The molecule has 0 spiro atoms. The van der Waals surface area contributed by atoms with E-state index in [1.165, 1.54) is 0 Å². The fourth-order valence-electron chi connectivity index (χ4n) is 8.90. The average Bonchev–Trinajstić information content (AvgIpc) is 3.39. The molecule has 0 saturated carbocycles. The number of benzene rings is 11. The minimum Gasteiger partial charge on any atom is -0.310 e. The van der Waals surface area contributed by atoms with Crippen LogP contribution in [0.2, 0.25) is 0 Å². The Morgan fingerprint density at radius 2 is 0.778 bits per heavy atom. The van der Waals surface area contributed by atoms with Gasteiger partial charge in [0, 0.05) is 17.1 Å². The first-order valence-corrected chi connectivity index (χ1v) is 21.3. The van der Waals surface area contributed by atoms with Crippen molar-refractivity contribution in [2.24, 2.45) is 0 Å². The first kappa shape index (κ1) is 33.5. The van der Waals surface area contributed by atoms with Crippen LogP contribution in [0.15, 0.2) is 261 Å². The molecule has 11 aromatic carbocycles. The number of hydrogen-bond donors (Lipinski definition) is 0. The molecule has 296 valence electrons. The molecule has 11 aromatic rings. The van der Waals surface area contributed by atoms with Crippen LogP contribution >= 0.6 is 0 Å². The lowest BCUT2D eigenvalue weighted by molar-refractivity contribution is 1.28. The largest absolute Gasteiger partial charge is 0.310 e. The Hall–Kier alpha value is -8.26. The Labute approximate surface area is 375 Å². The maximum Gasteiger partial charge on any atom is 0.0645 e. The monoisotopic (exact) mass is 805 g/mol. The molecule has 63 heavy (non-hydrogen) atoms. The lowest BCUT2D eigenvalue weighted by atomic mass is 9.89. The molecule has 0 bridgehead atoms. The second kappa shape index (κ2) is 16.7. The number of anilines is 3. The van der Waals surface area contributed by atoms with Gasteiger partial charge in [-0.15, -0.1) is 0 Å². The molecule has 0 unspecified atom stereocenters. The molecule has 0 N–H and O–H groups in total. The Morgan fingerprint density at radius 3 is 1.48 bits per heavy atom. The molecule has 0 aromatic heterocycles. The number of fused-ring (bicyclic) bond motifs is 2. The molecule has 0 aliphatic heterocycles. The van der Waals surface area contributed by atoms with Crippen LogP contribution in [-0.4, -0.2) is 0 Å². The quantitative estimate of drug-likeness (QED) is 0.140. The fourth-order valence-corrected chi connectivity index (χ4v) is 8.90. The zero-order valence-electron chi connectivity index (χ0n) is 38.5. The topological polar surface area (TPSA) is 3.24 Å². The average molecular weight is 806 g/mol. The number of rotatable bonds is 9. The van der Waals surface area contributed by atoms with E-state index >= 15 is 0 Å². The van der Waals surface area contributed by atoms with Crippen molar-refractivity contribution in [3.05, 3.63) is 261 Å². The van der Waals surface area contributed by atoms with E-state index in [0.29, 0.717) is 16.9 Å². The minimum atomic E-state index is -0.135. The van der Waals surface area contributed by atoms with Gasteiger partial charge in [-0.2, -0.15) is 0 Å². The van der Waals surface area contributed by atoms with Crippen LogP contribution in [0.25, 0.3) is 88.3 Å². The second-order valence-corrected chi connectivity index (χ2v) is 15.8. The van der Waals surface area contributed by atoms with Crippen LogP contribution in [0.3, 0.4) is 0 Å². The lowest BCUT2D eigenvalue weighted by Gasteiger charge is -2.27. The molecule has 0 radical (unpaired) electrons. The first-order valence-electron chi connectivity index (χ1n) is 23.3. The fraction of sp³-hybridized carbons (Fsp3) is 0. The second-order valence-electron chi connectivity index (χ2n) is 15.8. The molecule has 0 heterocycles. The SMILES string of the molecule is [2H]c1c([2H])c(N(c2ccc(-c3c(-c4ccccc4)ccc4ccccc34)cc2)c2cccc(-c3cccc4ccccc34)c2)c([2H])c([2H])c1-c1ccc(-c2ccccc2)c(-c2ccccc2)c1. The Morgan fingerprint density at radius 1 is 0.254 bits per heavy atom. The van der Waals surface area contributed by atoms with E-state index in [1.54, 1.807) is 0 Å². The van der Waals surface area contributed by atoms with E-state index in [4.69, 9.17) is 0 Å². The van der Waals surface area contributed by atoms with Gasteiger partial charge in [-0.25, -0.2) is 0 Å². The van der Waals surface area contributed by atoms with Gasteiger partial charge in [0.15, 0.2) is 0 Å². The van der Waals surface area contributed by atoms with Crippen molar-refractivity contribution in [3.63, 3.8) is 0 Å². The summed E-state index contributed by atoms with van der Waals surface area (Å²) in [7, 11) is 0. The van der Waals surface area contributed by atoms with Crippen LogP contribution in [0, 0.1) is 0 Å². The summed E-state index contributed by atoms with van der Waals surface area (Å²) in [5, 5.41) is 4.52. The van der Waals surface area contributed by atoms with Crippen LogP contribution in [0.5, 0.6) is 0 Å². The van der Waals surface area contributed by atoms with E-state index in [9.17, 15) is 5.48 Å². The van der Waals surface area contributed by atoms with E-state index in [2.05, 4.69) is 140 Å². The van der Waals surface area contributed by atoms with E-state index in [1.807, 2.05) is 102 Å². The number of hydrogen-bond acceptors (Lipinski definition) is 1. The van der Waals surface area contributed by atoms with Gasteiger partial charge in [0.05, 0.1) is 5.48 Å². The summed E-state index contributed by atoms with van der Waals surface area (Å²) in [6.07, 6.45) is 0. The third-order valence-corrected chi connectivity index (χ3v) is 11.9. The summed E-state index contributed by atoms with van der Waals surface area (Å²) in [4.78, 5) is 1.89. The van der Waals surface area contributed by atoms with Gasteiger partial charge in [-0.05, 0) is 131 Å². The van der Waals surface area contributed by atoms with E-state index in [-0.39, 0.29) is 35.4 Å². The van der Waals surface area contributed by atoms with Crippen LogP contribution in [0.1, 0.15) is 5.48 Å². The molecule has 1 nitrogen and oxygen atoms in total. The highest BCUT2D eigenvalue weighted by Crippen LogP contribution is 2.43. The van der Waals surface area contributed by atoms with Crippen molar-refractivity contribution < 1.29 is 5.48 Å². The van der Waals surface area contributed by atoms with Gasteiger partial charge in [0.25, 0.3) is 0 Å². The smallest absolute Gasteiger partial charge is 0.0645 e. The van der Waals surface area contributed by atoms with Gasteiger partial charge in [-0.1, -0.05) is 218 Å².